The zero-order valence-electron chi connectivity index (χ0n) is 11.7. The minimum absolute atomic E-state index is 0.271. The van der Waals surface area contributed by atoms with Crippen LogP contribution in [0.4, 0.5) is 0 Å². The van der Waals surface area contributed by atoms with Crippen molar-refractivity contribution in [2.45, 2.75) is 63.4 Å². The van der Waals surface area contributed by atoms with Crippen LogP contribution in [0.2, 0.25) is 0 Å². The first-order valence-electron chi connectivity index (χ1n) is 6.60. The summed E-state index contributed by atoms with van der Waals surface area (Å²) in [6, 6.07) is 2.28. The predicted octanol–water partition coefficient (Wildman–Crippen LogP) is 3.09. The van der Waals surface area contributed by atoms with E-state index in [9.17, 15) is 0 Å². The van der Waals surface area contributed by atoms with E-state index in [1.807, 2.05) is 19.9 Å². The van der Waals surface area contributed by atoms with Gasteiger partial charge in [0.25, 0.3) is 0 Å². The van der Waals surface area contributed by atoms with Gasteiger partial charge < -0.3 is 5.73 Å². The third kappa shape index (κ3) is 3.45. The Labute approximate surface area is 114 Å². The first kappa shape index (κ1) is 13.8. The standard InChI is InChI=1S/C14H23N3S/c1-9-7-10(2)17-13(16-9)18-12-8-14(3,4)6-5-11(12)15/h7,11-12H,5-6,8,15H2,1-4H3. The number of hydrogen-bond acceptors (Lipinski definition) is 4. The molecule has 0 amide bonds. The maximum atomic E-state index is 6.25. The van der Waals surface area contributed by atoms with Crippen LogP contribution in [0.25, 0.3) is 0 Å². The maximum Gasteiger partial charge on any atom is 0.188 e. The van der Waals surface area contributed by atoms with Crippen LogP contribution in [-0.2, 0) is 0 Å². The minimum atomic E-state index is 0.271. The van der Waals surface area contributed by atoms with E-state index in [0.29, 0.717) is 10.7 Å². The van der Waals surface area contributed by atoms with Crippen molar-refractivity contribution < 1.29 is 0 Å². The summed E-state index contributed by atoms with van der Waals surface area (Å²) in [6.07, 6.45) is 3.48. The Hall–Kier alpha value is -0.610. The van der Waals surface area contributed by atoms with Gasteiger partial charge in [-0.2, -0.15) is 0 Å². The largest absolute Gasteiger partial charge is 0.327 e. The van der Waals surface area contributed by atoms with Crippen molar-refractivity contribution in [1.82, 2.24) is 9.97 Å². The van der Waals surface area contributed by atoms with Crippen LogP contribution < -0.4 is 5.73 Å². The van der Waals surface area contributed by atoms with Gasteiger partial charge in [-0.05, 0) is 44.6 Å². The zero-order valence-corrected chi connectivity index (χ0v) is 12.5. The first-order chi connectivity index (χ1) is 8.35. The molecule has 2 N–H and O–H groups in total. The van der Waals surface area contributed by atoms with Crippen LogP contribution in [0.3, 0.4) is 0 Å². The molecule has 0 saturated heterocycles. The number of aromatic nitrogens is 2. The van der Waals surface area contributed by atoms with Crippen LogP contribution in [0.1, 0.15) is 44.5 Å². The normalized spacial score (nSPS) is 27.2. The van der Waals surface area contributed by atoms with Crippen LogP contribution in [0.15, 0.2) is 11.2 Å². The molecule has 0 aromatic carbocycles. The van der Waals surface area contributed by atoms with Gasteiger partial charge in [-0.1, -0.05) is 25.6 Å². The summed E-state index contributed by atoms with van der Waals surface area (Å²) in [5, 5.41) is 1.32. The fourth-order valence-electron chi connectivity index (χ4n) is 2.55. The second-order valence-corrected chi connectivity index (χ2v) is 7.37. The highest BCUT2D eigenvalue weighted by Crippen LogP contribution is 2.41. The Morgan fingerprint density at radius 3 is 2.50 bits per heavy atom. The van der Waals surface area contributed by atoms with Crippen LogP contribution in [-0.4, -0.2) is 21.3 Å². The van der Waals surface area contributed by atoms with Crippen molar-refractivity contribution in [1.29, 1.82) is 0 Å². The monoisotopic (exact) mass is 265 g/mol. The lowest BCUT2D eigenvalue weighted by Crippen LogP contribution is -2.41. The Bertz CT molecular complexity index is 411. The third-order valence-corrected chi connectivity index (χ3v) is 4.82. The van der Waals surface area contributed by atoms with E-state index in [1.165, 1.54) is 6.42 Å². The van der Waals surface area contributed by atoms with Crippen molar-refractivity contribution >= 4 is 11.8 Å². The SMILES string of the molecule is Cc1cc(C)nc(SC2CC(C)(C)CCC2N)n1. The van der Waals surface area contributed by atoms with Gasteiger partial charge in [0, 0.05) is 22.7 Å². The number of nitrogens with zero attached hydrogens (tertiary/aromatic N) is 2. The van der Waals surface area contributed by atoms with E-state index in [2.05, 4.69) is 23.8 Å². The highest BCUT2D eigenvalue weighted by atomic mass is 32.2. The van der Waals surface area contributed by atoms with Crippen LogP contribution >= 0.6 is 11.8 Å². The lowest BCUT2D eigenvalue weighted by atomic mass is 9.75. The average Bonchev–Trinajstić information content (AvgIpc) is 2.22. The van der Waals surface area contributed by atoms with Crippen molar-refractivity contribution in [2.24, 2.45) is 11.1 Å². The molecule has 0 bridgehead atoms. The van der Waals surface area contributed by atoms with Gasteiger partial charge in [0.05, 0.1) is 0 Å². The van der Waals surface area contributed by atoms with Gasteiger partial charge in [-0.25, -0.2) is 9.97 Å². The van der Waals surface area contributed by atoms with E-state index in [0.717, 1.165) is 29.4 Å². The molecule has 1 aromatic heterocycles. The molecule has 3 nitrogen and oxygen atoms in total. The summed E-state index contributed by atoms with van der Waals surface area (Å²) >= 11 is 1.76. The van der Waals surface area contributed by atoms with E-state index < -0.39 is 0 Å². The van der Waals surface area contributed by atoms with Crippen LogP contribution in [0.5, 0.6) is 0 Å². The second-order valence-electron chi connectivity index (χ2n) is 6.16. The lowest BCUT2D eigenvalue weighted by Gasteiger charge is -2.38. The number of rotatable bonds is 2. The fourth-order valence-corrected chi connectivity index (χ4v) is 4.06. The van der Waals surface area contributed by atoms with E-state index in [1.54, 1.807) is 11.8 Å². The molecule has 1 aromatic rings. The highest BCUT2D eigenvalue weighted by molar-refractivity contribution is 7.99. The smallest absolute Gasteiger partial charge is 0.188 e. The molecular weight excluding hydrogens is 242 g/mol. The van der Waals surface area contributed by atoms with Gasteiger partial charge in [0.2, 0.25) is 0 Å². The minimum Gasteiger partial charge on any atom is -0.327 e. The van der Waals surface area contributed by atoms with Crippen LogP contribution in [0, 0.1) is 19.3 Å². The number of aryl methyl sites for hydroxylation is 2. The molecule has 100 valence electrons. The lowest BCUT2D eigenvalue weighted by molar-refractivity contribution is 0.232. The molecule has 2 unspecified atom stereocenters. The molecule has 1 heterocycles. The average molecular weight is 265 g/mol. The number of hydrogen-bond donors (Lipinski definition) is 1. The Balaban J connectivity index is 2.12. The quantitative estimate of drug-likeness (QED) is 0.835. The third-order valence-electron chi connectivity index (χ3n) is 3.60. The molecule has 0 spiro atoms. The second kappa shape index (κ2) is 5.17. The topological polar surface area (TPSA) is 51.8 Å². The highest BCUT2D eigenvalue weighted by Gasteiger charge is 2.34. The van der Waals surface area contributed by atoms with Crippen molar-refractivity contribution in [3.8, 4) is 0 Å². The van der Waals surface area contributed by atoms with Gasteiger partial charge in [0.15, 0.2) is 5.16 Å². The number of nitrogens with two attached hydrogens (primary N) is 1. The first-order valence-corrected chi connectivity index (χ1v) is 7.48. The summed E-state index contributed by atoms with van der Waals surface area (Å²) in [7, 11) is 0. The van der Waals surface area contributed by atoms with Gasteiger partial charge in [0.1, 0.15) is 0 Å². The molecule has 1 fully saturated rings. The fraction of sp³-hybridized carbons (Fsp3) is 0.714. The van der Waals surface area contributed by atoms with Crippen molar-refractivity contribution in [3.63, 3.8) is 0 Å². The van der Waals surface area contributed by atoms with Gasteiger partial charge in [-0.15, -0.1) is 0 Å². The molecule has 0 radical (unpaired) electrons. The molecule has 4 heteroatoms. The van der Waals surface area contributed by atoms with E-state index in [-0.39, 0.29) is 6.04 Å². The Morgan fingerprint density at radius 2 is 1.89 bits per heavy atom. The summed E-state index contributed by atoms with van der Waals surface area (Å²) in [5.74, 6) is 0. The predicted molar refractivity (Wildman–Crippen MR) is 76.8 cm³/mol. The van der Waals surface area contributed by atoms with E-state index in [4.69, 9.17) is 5.73 Å². The molecule has 2 rings (SSSR count). The molecule has 1 aliphatic carbocycles. The molecule has 18 heavy (non-hydrogen) atoms. The number of thioether (sulfide) groups is 1. The summed E-state index contributed by atoms with van der Waals surface area (Å²) in [4.78, 5) is 9.01. The summed E-state index contributed by atoms with van der Waals surface area (Å²) in [5.41, 5.74) is 8.71. The zero-order chi connectivity index (χ0) is 13.3. The summed E-state index contributed by atoms with van der Waals surface area (Å²) < 4.78 is 0. The molecular formula is C14H23N3S. The Kier molecular flexibility index (Phi) is 3.97. The molecule has 1 saturated carbocycles. The molecule has 2 atom stereocenters. The van der Waals surface area contributed by atoms with E-state index >= 15 is 0 Å². The molecule has 1 aliphatic rings. The Morgan fingerprint density at radius 1 is 1.28 bits per heavy atom. The van der Waals surface area contributed by atoms with Crippen molar-refractivity contribution in [3.05, 3.63) is 17.5 Å². The van der Waals surface area contributed by atoms with Gasteiger partial charge in [-0.3, -0.25) is 0 Å². The molecule has 0 aliphatic heterocycles. The van der Waals surface area contributed by atoms with Gasteiger partial charge >= 0.3 is 0 Å². The summed E-state index contributed by atoms with van der Waals surface area (Å²) in [6.45, 7) is 8.69. The maximum absolute atomic E-state index is 6.25. The van der Waals surface area contributed by atoms with Crippen molar-refractivity contribution in [2.75, 3.05) is 0 Å².